The number of benzene rings is 1. The van der Waals surface area contributed by atoms with E-state index in [9.17, 15) is 23.2 Å². The SMILES string of the molecule is CC(F)c1ccc(CN2C(=O)CN(c3ncc(Cl)cc3F)C(=O)[C@H]2C23CC(C(N)=O)(C2)C3)cc1. The lowest BCUT2D eigenvalue weighted by molar-refractivity contribution is -0.231. The maximum absolute atomic E-state index is 14.6. The largest absolute Gasteiger partial charge is 0.369 e. The number of hydrogen-bond donors (Lipinski definition) is 1. The minimum absolute atomic E-state index is 0.0732. The predicted octanol–water partition coefficient (Wildman–Crippen LogP) is 3.30. The number of carbonyl (C=O) groups is 3. The van der Waals surface area contributed by atoms with Crippen LogP contribution in [0.15, 0.2) is 36.5 Å². The van der Waals surface area contributed by atoms with E-state index < -0.39 is 40.7 Å². The number of nitrogens with two attached hydrogens (primary N) is 1. The summed E-state index contributed by atoms with van der Waals surface area (Å²) in [6, 6.07) is 6.88. The molecule has 3 amide bonds. The predicted molar refractivity (Wildman–Crippen MR) is 120 cm³/mol. The van der Waals surface area contributed by atoms with Crippen LogP contribution in [-0.4, -0.2) is 40.2 Å². The molecule has 2 bridgehead atoms. The molecule has 4 fully saturated rings. The van der Waals surface area contributed by atoms with Gasteiger partial charge in [-0.25, -0.2) is 13.8 Å². The maximum atomic E-state index is 14.6. The Balaban J connectivity index is 1.48. The highest BCUT2D eigenvalue weighted by Crippen LogP contribution is 2.75. The van der Waals surface area contributed by atoms with Gasteiger partial charge in [-0.1, -0.05) is 35.9 Å². The number of pyridine rings is 1. The first-order valence-electron chi connectivity index (χ1n) is 11.0. The van der Waals surface area contributed by atoms with E-state index in [0.717, 1.165) is 16.5 Å². The summed E-state index contributed by atoms with van der Waals surface area (Å²) < 4.78 is 28.2. The van der Waals surface area contributed by atoms with Crippen LogP contribution < -0.4 is 10.6 Å². The van der Waals surface area contributed by atoms with E-state index in [0.29, 0.717) is 24.8 Å². The zero-order valence-electron chi connectivity index (χ0n) is 18.4. The molecule has 1 aromatic heterocycles. The highest BCUT2D eigenvalue weighted by atomic mass is 35.5. The van der Waals surface area contributed by atoms with Crippen molar-refractivity contribution >= 4 is 35.1 Å². The van der Waals surface area contributed by atoms with Crippen molar-refractivity contribution in [2.24, 2.45) is 16.6 Å². The van der Waals surface area contributed by atoms with Crippen molar-refractivity contribution in [1.29, 1.82) is 0 Å². The first kappa shape index (κ1) is 22.7. The number of amides is 3. The number of piperazine rings is 1. The molecule has 7 nitrogen and oxygen atoms in total. The molecule has 34 heavy (non-hydrogen) atoms. The van der Waals surface area contributed by atoms with Gasteiger partial charge in [0.05, 0.1) is 10.4 Å². The van der Waals surface area contributed by atoms with E-state index in [1.165, 1.54) is 18.0 Å². The highest BCUT2D eigenvalue weighted by molar-refractivity contribution is 6.30. The van der Waals surface area contributed by atoms with Gasteiger partial charge in [0.15, 0.2) is 11.6 Å². The Morgan fingerprint density at radius 3 is 2.47 bits per heavy atom. The zero-order valence-corrected chi connectivity index (χ0v) is 19.2. The molecule has 3 aliphatic carbocycles. The van der Waals surface area contributed by atoms with Gasteiger partial charge in [0, 0.05) is 18.2 Å². The van der Waals surface area contributed by atoms with Gasteiger partial charge >= 0.3 is 0 Å². The van der Waals surface area contributed by atoms with Crippen molar-refractivity contribution in [3.63, 3.8) is 0 Å². The normalized spacial score (nSPS) is 28.9. The van der Waals surface area contributed by atoms with Gasteiger partial charge < -0.3 is 10.6 Å². The Morgan fingerprint density at radius 1 is 1.26 bits per heavy atom. The quantitative estimate of drug-likeness (QED) is 0.674. The number of alkyl halides is 1. The molecule has 3 saturated carbocycles. The van der Waals surface area contributed by atoms with Crippen LogP contribution >= 0.6 is 11.6 Å². The molecule has 2 heterocycles. The molecule has 0 spiro atoms. The van der Waals surface area contributed by atoms with Crippen LogP contribution in [0, 0.1) is 16.6 Å². The average Bonchev–Trinajstić information content (AvgIpc) is 2.71. The first-order valence-corrected chi connectivity index (χ1v) is 11.4. The van der Waals surface area contributed by atoms with E-state index in [2.05, 4.69) is 4.98 Å². The molecule has 4 aliphatic rings. The van der Waals surface area contributed by atoms with E-state index >= 15 is 0 Å². The van der Waals surface area contributed by atoms with Gasteiger partial charge in [-0.15, -0.1) is 0 Å². The van der Waals surface area contributed by atoms with Gasteiger partial charge in [-0.3, -0.25) is 19.3 Å². The molecular formula is C24H23ClF2N4O3. The molecule has 1 saturated heterocycles. The maximum Gasteiger partial charge on any atom is 0.252 e. The van der Waals surface area contributed by atoms with Crippen molar-refractivity contribution in [2.75, 3.05) is 11.4 Å². The number of rotatable bonds is 6. The Bertz CT molecular complexity index is 1180. The fourth-order valence-electron chi connectivity index (χ4n) is 5.79. The van der Waals surface area contributed by atoms with Gasteiger partial charge in [-0.2, -0.15) is 0 Å². The Kier molecular flexibility index (Phi) is 5.16. The van der Waals surface area contributed by atoms with Gasteiger partial charge in [0.1, 0.15) is 18.8 Å². The summed E-state index contributed by atoms with van der Waals surface area (Å²) in [5.41, 5.74) is 5.56. The molecule has 2 aromatic rings. The molecule has 10 heteroatoms. The number of halogens is 3. The van der Waals surface area contributed by atoms with Gasteiger partial charge in [-0.05, 0) is 43.4 Å². The van der Waals surface area contributed by atoms with Crippen LogP contribution in [-0.2, 0) is 20.9 Å². The molecule has 1 aromatic carbocycles. The van der Waals surface area contributed by atoms with Crippen LogP contribution in [0.1, 0.15) is 43.5 Å². The van der Waals surface area contributed by atoms with Crippen molar-refractivity contribution in [2.45, 2.75) is 44.9 Å². The molecule has 178 valence electrons. The average molecular weight is 489 g/mol. The van der Waals surface area contributed by atoms with E-state index in [-0.39, 0.29) is 29.8 Å². The molecular weight excluding hydrogens is 466 g/mol. The van der Waals surface area contributed by atoms with Crippen LogP contribution in [0.2, 0.25) is 5.02 Å². The molecule has 6 rings (SSSR count). The molecule has 2 atom stereocenters. The number of carbonyl (C=O) groups excluding carboxylic acids is 3. The Morgan fingerprint density at radius 2 is 1.91 bits per heavy atom. The van der Waals surface area contributed by atoms with Crippen LogP contribution in [0.4, 0.5) is 14.6 Å². The van der Waals surface area contributed by atoms with Crippen molar-refractivity contribution < 1.29 is 23.2 Å². The van der Waals surface area contributed by atoms with E-state index in [1.807, 2.05) is 0 Å². The standard InChI is InChI=1S/C24H23ClF2N4O3/c1-13(26)15-4-2-14(3-5-15)8-30-18(32)9-31(20-17(27)6-16(25)7-29-20)21(33)19(30)23-10-24(11-23,12-23)22(28)34/h2-7,13,19H,8-12H2,1H3,(H2,28,34)/t13?,19-,23?,24?/m0/s1. The van der Waals surface area contributed by atoms with Crippen LogP contribution in [0.3, 0.4) is 0 Å². The van der Waals surface area contributed by atoms with Gasteiger partial charge in [0.2, 0.25) is 11.8 Å². The zero-order chi connectivity index (χ0) is 24.4. The summed E-state index contributed by atoms with van der Waals surface area (Å²) in [6.07, 6.45) is 1.30. The van der Waals surface area contributed by atoms with Gasteiger partial charge in [0.25, 0.3) is 5.91 Å². The topological polar surface area (TPSA) is 96.6 Å². The number of nitrogens with zero attached hydrogens (tertiary/aromatic N) is 3. The Hall–Kier alpha value is -3.07. The van der Waals surface area contributed by atoms with Crippen molar-refractivity contribution in [3.8, 4) is 0 Å². The lowest BCUT2D eigenvalue weighted by Crippen LogP contribution is -2.78. The molecule has 0 radical (unpaired) electrons. The minimum Gasteiger partial charge on any atom is -0.369 e. The first-order chi connectivity index (χ1) is 16.0. The summed E-state index contributed by atoms with van der Waals surface area (Å²) in [6.45, 7) is 1.19. The minimum atomic E-state index is -1.12. The number of aromatic nitrogens is 1. The monoisotopic (exact) mass is 488 g/mol. The molecule has 2 N–H and O–H groups in total. The van der Waals surface area contributed by atoms with E-state index in [1.54, 1.807) is 24.3 Å². The summed E-state index contributed by atoms with van der Waals surface area (Å²) in [4.78, 5) is 45.4. The second-order valence-electron chi connectivity index (χ2n) is 9.70. The fraction of sp³-hybridized carbons (Fsp3) is 0.417. The lowest BCUT2D eigenvalue weighted by atomic mass is 9.32. The lowest BCUT2D eigenvalue weighted by Gasteiger charge is -2.72. The van der Waals surface area contributed by atoms with E-state index in [4.69, 9.17) is 17.3 Å². The summed E-state index contributed by atoms with van der Waals surface area (Å²) in [7, 11) is 0. The van der Waals surface area contributed by atoms with Crippen LogP contribution in [0.5, 0.6) is 0 Å². The fourth-order valence-corrected chi connectivity index (χ4v) is 5.93. The third kappa shape index (κ3) is 3.36. The third-order valence-corrected chi connectivity index (χ3v) is 7.64. The van der Waals surface area contributed by atoms with Crippen molar-refractivity contribution in [3.05, 3.63) is 58.5 Å². The summed E-state index contributed by atoms with van der Waals surface area (Å²) >= 11 is 5.80. The third-order valence-electron chi connectivity index (χ3n) is 7.44. The van der Waals surface area contributed by atoms with Crippen molar-refractivity contribution in [1.82, 2.24) is 9.88 Å². The highest BCUT2D eigenvalue weighted by Gasteiger charge is 2.76. The second-order valence-corrected chi connectivity index (χ2v) is 10.1. The smallest absolute Gasteiger partial charge is 0.252 e. The number of primary amides is 1. The second kappa shape index (κ2) is 7.73. The molecule has 1 aliphatic heterocycles. The van der Waals surface area contributed by atoms with Crippen LogP contribution in [0.25, 0.3) is 0 Å². The number of hydrogen-bond acceptors (Lipinski definition) is 4. The summed E-state index contributed by atoms with van der Waals surface area (Å²) in [5.74, 6) is -2.30. The Labute approximate surface area is 199 Å². The summed E-state index contributed by atoms with van der Waals surface area (Å²) in [5, 5.41) is 0.0732. The molecule has 1 unspecified atom stereocenters. The number of anilines is 1.